The van der Waals surface area contributed by atoms with Crippen molar-refractivity contribution in [2.75, 3.05) is 18.5 Å². The maximum Gasteiger partial charge on any atom is 0.341 e. The third-order valence-electron chi connectivity index (χ3n) is 4.37. The van der Waals surface area contributed by atoms with E-state index in [1.165, 1.54) is 18.3 Å². The maximum atomic E-state index is 12.7. The molecule has 1 atom stereocenters. The highest BCUT2D eigenvalue weighted by Crippen LogP contribution is 2.33. The number of ether oxygens (including phenoxy) is 2. The summed E-state index contributed by atoms with van der Waals surface area (Å²) in [6.45, 7) is 8.30. The summed E-state index contributed by atoms with van der Waals surface area (Å²) in [5.74, 6) is -1.55. The summed E-state index contributed by atoms with van der Waals surface area (Å²) in [6, 6.07) is -1.03. The lowest BCUT2D eigenvalue weighted by molar-refractivity contribution is -0.139. The molecule has 1 aliphatic rings. The van der Waals surface area contributed by atoms with Crippen molar-refractivity contribution in [3.05, 3.63) is 27.3 Å². The molecule has 1 unspecified atom stereocenters. The van der Waals surface area contributed by atoms with Crippen molar-refractivity contribution in [3.63, 3.8) is 0 Å². The lowest BCUT2D eigenvalue weighted by Crippen LogP contribution is -2.51. The summed E-state index contributed by atoms with van der Waals surface area (Å²) < 4.78 is 10.5. The van der Waals surface area contributed by atoms with Gasteiger partial charge in [0, 0.05) is 11.8 Å². The van der Waals surface area contributed by atoms with Crippen LogP contribution >= 0.6 is 11.3 Å². The predicted octanol–water partition coefficient (Wildman–Crippen LogP) is 2.39. The zero-order chi connectivity index (χ0) is 21.7. The molecular formula is C19H25N3O6S. The van der Waals surface area contributed by atoms with Crippen LogP contribution < -0.4 is 16.0 Å². The maximum absolute atomic E-state index is 12.7. The average molecular weight is 423 g/mol. The molecule has 0 fully saturated rings. The third-order valence-corrected chi connectivity index (χ3v) is 5.50. The van der Waals surface area contributed by atoms with Crippen LogP contribution in [-0.2, 0) is 19.1 Å². The van der Waals surface area contributed by atoms with Gasteiger partial charge in [-0.2, -0.15) is 0 Å². The molecule has 1 aliphatic heterocycles. The Labute approximate surface area is 172 Å². The Morgan fingerprint density at radius 1 is 1.14 bits per heavy atom. The van der Waals surface area contributed by atoms with Crippen molar-refractivity contribution in [1.82, 2.24) is 10.6 Å². The molecule has 1 aromatic heterocycles. The SMILES string of the molecule is CCOC(=O)C1=C(COC(=O)c2c(NC(C)=O)sc(C)c2C)NC(=O)NC1CC. The van der Waals surface area contributed by atoms with Crippen LogP contribution in [0.1, 0.15) is 48.0 Å². The van der Waals surface area contributed by atoms with Crippen molar-refractivity contribution < 1.29 is 28.7 Å². The summed E-state index contributed by atoms with van der Waals surface area (Å²) in [6.07, 6.45) is 0.467. The van der Waals surface area contributed by atoms with E-state index in [2.05, 4.69) is 16.0 Å². The number of aryl methyl sites for hydroxylation is 1. The molecule has 0 saturated carbocycles. The van der Waals surface area contributed by atoms with E-state index in [1.54, 1.807) is 13.8 Å². The smallest absolute Gasteiger partial charge is 0.341 e. The molecule has 0 radical (unpaired) electrons. The monoisotopic (exact) mass is 423 g/mol. The molecule has 0 bridgehead atoms. The first-order valence-electron chi connectivity index (χ1n) is 9.21. The van der Waals surface area contributed by atoms with Gasteiger partial charge < -0.3 is 25.4 Å². The van der Waals surface area contributed by atoms with Gasteiger partial charge in [0.2, 0.25) is 5.91 Å². The standard InChI is InChI=1S/C19H25N3O6S/c1-6-12-15(18(25)27-7-2)13(22-19(26)21-12)8-28-17(24)14-9(3)10(4)29-16(14)20-11(5)23/h12H,6-8H2,1-5H3,(H,20,23)(H2,21,22,26). The van der Waals surface area contributed by atoms with Crippen LogP contribution in [0.2, 0.25) is 0 Å². The Bertz CT molecular complexity index is 874. The van der Waals surface area contributed by atoms with E-state index in [0.29, 0.717) is 17.0 Å². The van der Waals surface area contributed by atoms with Gasteiger partial charge >= 0.3 is 18.0 Å². The highest BCUT2D eigenvalue weighted by molar-refractivity contribution is 7.16. The first kappa shape index (κ1) is 22.4. The van der Waals surface area contributed by atoms with Crippen LogP contribution in [0.4, 0.5) is 9.80 Å². The number of hydrogen-bond donors (Lipinski definition) is 3. The normalized spacial score (nSPS) is 16.0. The average Bonchev–Trinajstić information content (AvgIpc) is 2.92. The number of carbonyl (C=O) groups excluding carboxylic acids is 4. The molecule has 0 spiro atoms. The van der Waals surface area contributed by atoms with Crippen LogP contribution in [0.15, 0.2) is 11.3 Å². The number of esters is 2. The van der Waals surface area contributed by atoms with Crippen LogP contribution in [0.3, 0.4) is 0 Å². The minimum absolute atomic E-state index is 0.174. The van der Waals surface area contributed by atoms with Crippen molar-refractivity contribution in [2.45, 2.75) is 47.1 Å². The highest BCUT2D eigenvalue weighted by atomic mass is 32.1. The Balaban J connectivity index is 2.30. The van der Waals surface area contributed by atoms with E-state index < -0.39 is 24.0 Å². The summed E-state index contributed by atoms with van der Waals surface area (Å²) >= 11 is 1.28. The molecule has 29 heavy (non-hydrogen) atoms. The number of carbonyl (C=O) groups is 4. The quantitative estimate of drug-likeness (QED) is 0.579. The fourth-order valence-electron chi connectivity index (χ4n) is 2.91. The number of urea groups is 1. The zero-order valence-corrected chi connectivity index (χ0v) is 17.9. The van der Waals surface area contributed by atoms with E-state index in [1.807, 2.05) is 13.8 Å². The van der Waals surface area contributed by atoms with Crippen LogP contribution in [-0.4, -0.2) is 43.1 Å². The number of rotatable bonds is 7. The van der Waals surface area contributed by atoms with Gasteiger partial charge in [-0.05, 0) is 32.8 Å². The van der Waals surface area contributed by atoms with Gasteiger partial charge in [0.15, 0.2) is 0 Å². The Hall–Kier alpha value is -2.88. The highest BCUT2D eigenvalue weighted by Gasteiger charge is 2.32. The van der Waals surface area contributed by atoms with Gasteiger partial charge in [0.05, 0.1) is 29.5 Å². The lowest BCUT2D eigenvalue weighted by atomic mass is 10.0. The molecule has 2 heterocycles. The molecule has 3 amide bonds. The van der Waals surface area contributed by atoms with Gasteiger partial charge in [-0.1, -0.05) is 6.92 Å². The van der Waals surface area contributed by atoms with Gasteiger partial charge in [0.25, 0.3) is 0 Å². The van der Waals surface area contributed by atoms with Gasteiger partial charge in [-0.25, -0.2) is 14.4 Å². The fraction of sp³-hybridized carbons (Fsp3) is 0.474. The summed E-state index contributed by atoms with van der Waals surface area (Å²) in [4.78, 5) is 49.3. The van der Waals surface area contributed by atoms with E-state index in [9.17, 15) is 19.2 Å². The first-order valence-corrected chi connectivity index (χ1v) is 10.0. The van der Waals surface area contributed by atoms with E-state index >= 15 is 0 Å². The van der Waals surface area contributed by atoms with Crippen LogP contribution in [0, 0.1) is 13.8 Å². The third kappa shape index (κ3) is 5.14. The largest absolute Gasteiger partial charge is 0.463 e. The zero-order valence-electron chi connectivity index (χ0n) is 17.1. The molecule has 0 saturated heterocycles. The second kappa shape index (κ2) is 9.55. The molecule has 2 rings (SSSR count). The second-order valence-electron chi connectivity index (χ2n) is 6.42. The number of amides is 3. The molecule has 0 aromatic carbocycles. The van der Waals surface area contributed by atoms with Crippen molar-refractivity contribution in [1.29, 1.82) is 0 Å². The Morgan fingerprint density at radius 3 is 2.41 bits per heavy atom. The van der Waals surface area contributed by atoms with Crippen molar-refractivity contribution in [3.8, 4) is 0 Å². The molecule has 10 heteroatoms. The molecule has 158 valence electrons. The second-order valence-corrected chi connectivity index (χ2v) is 7.64. The van der Waals surface area contributed by atoms with Crippen molar-refractivity contribution >= 4 is 40.2 Å². The van der Waals surface area contributed by atoms with Gasteiger partial charge in [0.1, 0.15) is 11.6 Å². The minimum Gasteiger partial charge on any atom is -0.463 e. The number of anilines is 1. The van der Waals surface area contributed by atoms with Gasteiger partial charge in [-0.15, -0.1) is 11.3 Å². The Kier molecular flexibility index (Phi) is 7.38. The van der Waals surface area contributed by atoms with E-state index in [-0.39, 0.29) is 36.0 Å². The first-order chi connectivity index (χ1) is 13.7. The summed E-state index contributed by atoms with van der Waals surface area (Å²) in [7, 11) is 0. The number of hydrogen-bond acceptors (Lipinski definition) is 7. The Morgan fingerprint density at radius 2 is 1.83 bits per heavy atom. The predicted molar refractivity (Wildman–Crippen MR) is 108 cm³/mol. The van der Waals surface area contributed by atoms with E-state index in [0.717, 1.165) is 4.88 Å². The lowest BCUT2D eigenvalue weighted by Gasteiger charge is -2.28. The minimum atomic E-state index is -0.660. The molecule has 3 N–H and O–H groups in total. The number of thiophene rings is 1. The fourth-order valence-corrected chi connectivity index (χ4v) is 4.00. The molecule has 0 aliphatic carbocycles. The van der Waals surface area contributed by atoms with Crippen LogP contribution in [0.5, 0.6) is 0 Å². The molecule has 9 nitrogen and oxygen atoms in total. The van der Waals surface area contributed by atoms with Crippen LogP contribution in [0.25, 0.3) is 0 Å². The van der Waals surface area contributed by atoms with Gasteiger partial charge in [-0.3, -0.25) is 4.79 Å². The molecule has 1 aromatic rings. The number of nitrogens with one attached hydrogen (secondary N) is 3. The summed E-state index contributed by atoms with van der Waals surface area (Å²) in [5.41, 5.74) is 1.36. The van der Waals surface area contributed by atoms with E-state index in [4.69, 9.17) is 9.47 Å². The molecular weight excluding hydrogens is 398 g/mol. The summed E-state index contributed by atoms with van der Waals surface area (Å²) in [5, 5.41) is 8.22. The van der Waals surface area contributed by atoms with Crippen molar-refractivity contribution in [2.24, 2.45) is 0 Å². The topological polar surface area (TPSA) is 123 Å².